The Morgan fingerprint density at radius 1 is 1.27 bits per heavy atom. The number of thioether (sulfide) groups is 1. The fourth-order valence-electron chi connectivity index (χ4n) is 4.10. The first-order valence-corrected chi connectivity index (χ1v) is 10.00. The average Bonchev–Trinajstić information content (AvgIpc) is 3.02. The van der Waals surface area contributed by atoms with Crippen LogP contribution in [0.1, 0.15) is 53.2 Å². The predicted octanol–water partition coefficient (Wildman–Crippen LogP) is 2.73. The normalized spacial score (nSPS) is 21.5. The second-order valence-electron chi connectivity index (χ2n) is 6.94. The molecule has 2 aliphatic carbocycles. The molecule has 1 saturated carbocycles. The highest BCUT2D eigenvalue weighted by Gasteiger charge is 2.31. The topological polar surface area (TPSA) is 99.8 Å². The molecule has 2 heterocycles. The zero-order valence-corrected chi connectivity index (χ0v) is 16.4. The molecular weight excluding hydrogens is 370 g/mol. The van der Waals surface area contributed by atoms with Crippen LogP contribution in [0.4, 0.5) is 0 Å². The summed E-state index contributed by atoms with van der Waals surface area (Å²) in [5, 5.41) is 0.755. The Bertz CT molecular complexity index is 829. The van der Waals surface area contributed by atoms with Crippen LogP contribution in [0.15, 0.2) is 17.6 Å². The van der Waals surface area contributed by atoms with Crippen molar-refractivity contribution in [3.8, 4) is 11.4 Å². The third-order valence-electron chi connectivity index (χ3n) is 5.43. The summed E-state index contributed by atoms with van der Waals surface area (Å²) >= 11 is 1.53. The molecule has 2 aromatic rings. The van der Waals surface area contributed by atoms with Crippen molar-refractivity contribution < 1.29 is 4.79 Å². The van der Waals surface area contributed by atoms with Gasteiger partial charge in [-0.3, -0.25) is 4.79 Å². The van der Waals surface area contributed by atoms with Crippen LogP contribution in [0.25, 0.3) is 11.4 Å². The van der Waals surface area contributed by atoms with Crippen molar-refractivity contribution in [2.24, 2.45) is 11.5 Å². The summed E-state index contributed by atoms with van der Waals surface area (Å²) in [4.78, 5) is 21.2. The monoisotopic (exact) mass is 393 g/mol. The number of amides is 1. The second kappa shape index (κ2) is 7.58. The molecule has 0 unspecified atom stereocenters. The third-order valence-corrected chi connectivity index (χ3v) is 5.99. The van der Waals surface area contributed by atoms with Crippen LogP contribution in [0.3, 0.4) is 0 Å². The quantitative estimate of drug-likeness (QED) is 0.616. The van der Waals surface area contributed by atoms with E-state index < -0.39 is 0 Å². The van der Waals surface area contributed by atoms with E-state index in [9.17, 15) is 4.79 Å². The average molecular weight is 394 g/mol. The lowest BCUT2D eigenvalue weighted by molar-refractivity contribution is 0.0999. The first-order valence-electron chi connectivity index (χ1n) is 8.77. The molecule has 0 saturated heterocycles. The summed E-state index contributed by atoms with van der Waals surface area (Å²) in [6.07, 6.45) is 11.6. The predicted molar refractivity (Wildman–Crippen MR) is 106 cm³/mol. The molecular formula is C18H24ClN5OS. The van der Waals surface area contributed by atoms with Gasteiger partial charge in [0, 0.05) is 24.5 Å². The number of rotatable bonds is 3. The molecule has 0 radical (unpaired) electrons. The molecule has 140 valence electrons. The van der Waals surface area contributed by atoms with E-state index in [4.69, 9.17) is 16.5 Å². The Balaban J connectivity index is 0.00000196. The first-order chi connectivity index (χ1) is 12.1. The Hall–Kier alpha value is -1.57. The number of halogens is 1. The smallest absolute Gasteiger partial charge is 0.250 e. The number of nitrogens with two attached hydrogens (primary N) is 2. The molecule has 0 atom stereocenters. The number of hydrogen-bond donors (Lipinski definition) is 2. The molecule has 0 bridgehead atoms. The minimum atomic E-state index is -0.356. The fraction of sp³-hybridized carbons (Fsp3) is 0.500. The van der Waals surface area contributed by atoms with Crippen LogP contribution >= 0.6 is 24.2 Å². The van der Waals surface area contributed by atoms with Crippen molar-refractivity contribution in [2.75, 3.05) is 6.26 Å². The number of nitrogens with zero attached hydrogens (tertiary/aromatic N) is 3. The molecule has 1 amide bonds. The first kappa shape index (κ1) is 19.2. The Kier molecular flexibility index (Phi) is 5.60. The minimum absolute atomic E-state index is 0. The van der Waals surface area contributed by atoms with E-state index in [0.29, 0.717) is 11.6 Å². The molecule has 6 nitrogen and oxygen atoms in total. The van der Waals surface area contributed by atoms with Crippen molar-refractivity contribution in [1.29, 1.82) is 0 Å². The van der Waals surface area contributed by atoms with Gasteiger partial charge in [0.05, 0.1) is 17.0 Å². The van der Waals surface area contributed by atoms with Crippen LogP contribution < -0.4 is 11.5 Å². The van der Waals surface area contributed by atoms with Gasteiger partial charge >= 0.3 is 0 Å². The summed E-state index contributed by atoms with van der Waals surface area (Å²) < 4.78 is 2.25. The lowest BCUT2D eigenvalue weighted by Crippen LogP contribution is -2.28. The van der Waals surface area contributed by atoms with Crippen molar-refractivity contribution in [1.82, 2.24) is 14.5 Å². The maximum atomic E-state index is 12.0. The van der Waals surface area contributed by atoms with Crippen LogP contribution in [0, 0.1) is 0 Å². The minimum Gasteiger partial charge on any atom is -0.366 e. The van der Waals surface area contributed by atoms with E-state index in [1.165, 1.54) is 11.8 Å². The van der Waals surface area contributed by atoms with E-state index in [2.05, 4.69) is 9.55 Å². The van der Waals surface area contributed by atoms with Crippen molar-refractivity contribution >= 4 is 30.1 Å². The fourth-order valence-corrected chi connectivity index (χ4v) is 4.44. The van der Waals surface area contributed by atoms with E-state index in [1.54, 1.807) is 0 Å². The SMILES string of the molecule is CSc1ncc2c(n1)-c1c(c(C(N)=O)cn1[C@H]1CC[C@@H](N)CC1)CC2.Cl. The van der Waals surface area contributed by atoms with Crippen LogP contribution in [-0.4, -0.2) is 32.7 Å². The van der Waals surface area contributed by atoms with Gasteiger partial charge in [-0.05, 0) is 55.9 Å². The van der Waals surface area contributed by atoms with Crippen LogP contribution in [0.2, 0.25) is 0 Å². The van der Waals surface area contributed by atoms with Gasteiger partial charge in [-0.15, -0.1) is 12.4 Å². The highest BCUT2D eigenvalue weighted by atomic mass is 35.5. The number of hydrogen-bond acceptors (Lipinski definition) is 5. The molecule has 1 fully saturated rings. The Morgan fingerprint density at radius 3 is 2.65 bits per heavy atom. The van der Waals surface area contributed by atoms with Gasteiger partial charge in [0.15, 0.2) is 5.16 Å². The molecule has 0 aliphatic heterocycles. The highest BCUT2D eigenvalue weighted by molar-refractivity contribution is 7.98. The molecule has 2 aromatic heterocycles. The van der Waals surface area contributed by atoms with E-state index in [1.807, 2.05) is 18.6 Å². The zero-order valence-electron chi connectivity index (χ0n) is 14.8. The molecule has 2 aliphatic rings. The third kappa shape index (κ3) is 3.23. The molecule has 4 N–H and O–H groups in total. The van der Waals surface area contributed by atoms with E-state index in [-0.39, 0.29) is 24.4 Å². The van der Waals surface area contributed by atoms with Gasteiger partial charge in [0.1, 0.15) is 0 Å². The highest BCUT2D eigenvalue weighted by Crippen LogP contribution is 2.40. The van der Waals surface area contributed by atoms with Gasteiger partial charge in [-0.2, -0.15) is 0 Å². The zero-order chi connectivity index (χ0) is 17.6. The van der Waals surface area contributed by atoms with E-state index in [0.717, 1.165) is 66.2 Å². The van der Waals surface area contributed by atoms with Gasteiger partial charge in [0.25, 0.3) is 5.91 Å². The summed E-state index contributed by atoms with van der Waals surface area (Å²) in [5.41, 5.74) is 16.6. The van der Waals surface area contributed by atoms with Crippen molar-refractivity contribution in [3.63, 3.8) is 0 Å². The van der Waals surface area contributed by atoms with E-state index >= 15 is 0 Å². The number of primary amides is 1. The lowest BCUT2D eigenvalue weighted by atomic mass is 9.90. The standard InChI is InChI=1S/C18H23N5OS.ClH/c1-25-18-21-8-10-2-7-13-14(17(20)24)9-23(16(13)15(10)22-18)12-5-3-11(19)4-6-12;/h8-9,11-12H,2-7,19H2,1H3,(H2,20,24);1H/t11-,12+;. The van der Waals surface area contributed by atoms with Crippen molar-refractivity contribution in [2.45, 2.75) is 55.8 Å². The van der Waals surface area contributed by atoms with Gasteiger partial charge < -0.3 is 16.0 Å². The number of carbonyl (C=O) groups excluding carboxylic acids is 1. The Morgan fingerprint density at radius 2 is 2.00 bits per heavy atom. The van der Waals surface area contributed by atoms with Crippen molar-refractivity contribution in [3.05, 3.63) is 29.1 Å². The molecule has 0 spiro atoms. The summed E-state index contributed by atoms with van der Waals surface area (Å²) in [6.45, 7) is 0. The number of carbonyl (C=O) groups is 1. The maximum absolute atomic E-state index is 12.0. The second-order valence-corrected chi connectivity index (χ2v) is 7.71. The maximum Gasteiger partial charge on any atom is 0.250 e. The number of aryl methyl sites for hydroxylation is 1. The molecule has 26 heavy (non-hydrogen) atoms. The largest absolute Gasteiger partial charge is 0.366 e. The molecule has 8 heteroatoms. The van der Waals surface area contributed by atoms with Crippen LogP contribution in [-0.2, 0) is 12.8 Å². The van der Waals surface area contributed by atoms with Gasteiger partial charge in [0.2, 0.25) is 0 Å². The summed E-state index contributed by atoms with van der Waals surface area (Å²) in [6, 6.07) is 0.635. The Labute approximate surface area is 163 Å². The molecule has 0 aromatic carbocycles. The number of aromatic nitrogens is 3. The summed E-state index contributed by atoms with van der Waals surface area (Å²) in [5.74, 6) is -0.356. The van der Waals surface area contributed by atoms with Gasteiger partial charge in [-0.25, -0.2) is 9.97 Å². The molecule has 4 rings (SSSR count). The van der Waals surface area contributed by atoms with Gasteiger partial charge in [-0.1, -0.05) is 11.8 Å². The van der Waals surface area contributed by atoms with Crippen LogP contribution in [0.5, 0.6) is 0 Å². The lowest BCUT2D eigenvalue weighted by Gasteiger charge is -2.30. The summed E-state index contributed by atoms with van der Waals surface area (Å²) in [7, 11) is 0. The number of fused-ring (bicyclic) bond motifs is 3.